The SMILES string of the molecule is CCNC(=NCCNC(=O)c1ccccc1O)NC(C)C. The van der Waals surface area contributed by atoms with Gasteiger partial charge in [0.1, 0.15) is 5.75 Å². The van der Waals surface area contributed by atoms with Crippen LogP contribution in [-0.4, -0.2) is 42.6 Å². The molecule has 0 aromatic heterocycles. The second kappa shape index (κ2) is 8.84. The second-order valence-electron chi connectivity index (χ2n) is 4.83. The number of aliphatic imine (C=N–C) groups is 1. The second-order valence-corrected chi connectivity index (χ2v) is 4.83. The Morgan fingerprint density at radius 3 is 2.62 bits per heavy atom. The Hall–Kier alpha value is -2.24. The Morgan fingerprint density at radius 2 is 2.00 bits per heavy atom. The molecule has 0 atom stereocenters. The van der Waals surface area contributed by atoms with Gasteiger partial charge in [-0.25, -0.2) is 0 Å². The number of benzene rings is 1. The fourth-order valence-electron chi connectivity index (χ4n) is 1.69. The van der Waals surface area contributed by atoms with Crippen molar-refractivity contribution in [3.05, 3.63) is 29.8 Å². The van der Waals surface area contributed by atoms with Crippen LogP contribution in [0.25, 0.3) is 0 Å². The first-order valence-electron chi connectivity index (χ1n) is 7.15. The smallest absolute Gasteiger partial charge is 0.255 e. The lowest BCUT2D eigenvalue weighted by atomic mass is 10.2. The molecule has 0 unspecified atom stereocenters. The number of guanidine groups is 1. The first kappa shape index (κ1) is 16.8. The van der Waals surface area contributed by atoms with Gasteiger partial charge in [-0.1, -0.05) is 12.1 Å². The standard InChI is InChI=1S/C15H24N4O2/c1-4-16-15(19-11(2)3)18-10-9-17-14(21)12-7-5-6-8-13(12)20/h5-8,11,20H,4,9-10H2,1-3H3,(H,17,21)(H2,16,18,19). The highest BCUT2D eigenvalue weighted by atomic mass is 16.3. The summed E-state index contributed by atoms with van der Waals surface area (Å²) in [4.78, 5) is 16.2. The molecule has 0 aliphatic carbocycles. The Kier molecular flexibility index (Phi) is 7.08. The topological polar surface area (TPSA) is 85.8 Å². The summed E-state index contributed by atoms with van der Waals surface area (Å²) in [5, 5.41) is 18.6. The summed E-state index contributed by atoms with van der Waals surface area (Å²) in [6.45, 7) is 7.71. The van der Waals surface area contributed by atoms with Gasteiger partial charge >= 0.3 is 0 Å². The van der Waals surface area contributed by atoms with E-state index in [1.807, 2.05) is 20.8 Å². The zero-order chi connectivity index (χ0) is 15.7. The van der Waals surface area contributed by atoms with Crippen molar-refractivity contribution in [2.24, 2.45) is 4.99 Å². The van der Waals surface area contributed by atoms with E-state index in [1.54, 1.807) is 18.2 Å². The molecular formula is C15H24N4O2. The third-order valence-corrected chi connectivity index (χ3v) is 2.59. The molecule has 0 spiro atoms. The van der Waals surface area contributed by atoms with E-state index in [1.165, 1.54) is 6.07 Å². The number of para-hydroxylation sites is 1. The Bertz CT molecular complexity index is 486. The minimum Gasteiger partial charge on any atom is -0.507 e. The lowest BCUT2D eigenvalue weighted by Gasteiger charge is -2.14. The number of nitrogens with one attached hydrogen (secondary N) is 3. The molecule has 0 saturated carbocycles. The zero-order valence-corrected chi connectivity index (χ0v) is 12.8. The molecule has 0 radical (unpaired) electrons. The third kappa shape index (κ3) is 6.16. The number of hydrogen-bond acceptors (Lipinski definition) is 3. The molecule has 0 heterocycles. The summed E-state index contributed by atoms with van der Waals surface area (Å²) < 4.78 is 0. The fourth-order valence-corrected chi connectivity index (χ4v) is 1.69. The van der Waals surface area contributed by atoms with E-state index in [4.69, 9.17) is 0 Å². The van der Waals surface area contributed by atoms with Gasteiger partial charge in [-0.3, -0.25) is 9.79 Å². The van der Waals surface area contributed by atoms with Crippen LogP contribution in [0.5, 0.6) is 5.75 Å². The van der Waals surface area contributed by atoms with Crippen molar-refractivity contribution in [1.29, 1.82) is 0 Å². The van der Waals surface area contributed by atoms with Gasteiger partial charge < -0.3 is 21.1 Å². The van der Waals surface area contributed by atoms with E-state index < -0.39 is 0 Å². The number of rotatable bonds is 6. The van der Waals surface area contributed by atoms with Gasteiger partial charge in [0, 0.05) is 19.1 Å². The van der Waals surface area contributed by atoms with Crippen LogP contribution >= 0.6 is 0 Å². The normalized spacial score (nSPS) is 11.3. The number of carbonyl (C=O) groups is 1. The van der Waals surface area contributed by atoms with E-state index >= 15 is 0 Å². The summed E-state index contributed by atoms with van der Waals surface area (Å²) in [5.41, 5.74) is 0.272. The molecule has 0 aliphatic rings. The molecule has 116 valence electrons. The minimum atomic E-state index is -0.301. The molecule has 0 bridgehead atoms. The van der Waals surface area contributed by atoms with Crippen LogP contribution in [0.3, 0.4) is 0 Å². The van der Waals surface area contributed by atoms with Crippen molar-refractivity contribution < 1.29 is 9.90 Å². The highest BCUT2D eigenvalue weighted by Gasteiger charge is 2.08. The molecule has 0 aliphatic heterocycles. The van der Waals surface area contributed by atoms with Crippen molar-refractivity contribution in [3.63, 3.8) is 0 Å². The van der Waals surface area contributed by atoms with Crippen LogP contribution < -0.4 is 16.0 Å². The van der Waals surface area contributed by atoms with Crippen molar-refractivity contribution in [2.75, 3.05) is 19.6 Å². The number of phenols is 1. The molecular weight excluding hydrogens is 268 g/mol. The Morgan fingerprint density at radius 1 is 1.29 bits per heavy atom. The maximum absolute atomic E-state index is 11.9. The number of phenolic OH excluding ortho intramolecular Hbond substituents is 1. The first-order chi connectivity index (χ1) is 10.0. The molecule has 6 heteroatoms. The van der Waals surface area contributed by atoms with Crippen LogP contribution in [0, 0.1) is 0 Å². The largest absolute Gasteiger partial charge is 0.507 e. The van der Waals surface area contributed by atoms with Gasteiger partial charge in [-0.2, -0.15) is 0 Å². The molecule has 6 nitrogen and oxygen atoms in total. The summed E-state index contributed by atoms with van der Waals surface area (Å²) in [5.74, 6) is 0.405. The van der Waals surface area contributed by atoms with Gasteiger partial charge in [0.25, 0.3) is 5.91 Å². The Balaban J connectivity index is 2.45. The maximum atomic E-state index is 11.9. The van der Waals surface area contributed by atoms with Crippen LogP contribution in [0.1, 0.15) is 31.1 Å². The van der Waals surface area contributed by atoms with Crippen molar-refractivity contribution in [2.45, 2.75) is 26.8 Å². The van der Waals surface area contributed by atoms with Crippen LogP contribution in [0.15, 0.2) is 29.3 Å². The average Bonchev–Trinajstić information content (AvgIpc) is 2.43. The number of hydrogen-bond donors (Lipinski definition) is 4. The fraction of sp³-hybridized carbons (Fsp3) is 0.467. The van der Waals surface area contributed by atoms with E-state index in [0.29, 0.717) is 19.1 Å². The van der Waals surface area contributed by atoms with E-state index in [0.717, 1.165) is 12.5 Å². The third-order valence-electron chi connectivity index (χ3n) is 2.59. The molecule has 1 aromatic rings. The zero-order valence-electron chi connectivity index (χ0n) is 12.8. The molecule has 1 aromatic carbocycles. The molecule has 4 N–H and O–H groups in total. The summed E-state index contributed by atoms with van der Waals surface area (Å²) in [6, 6.07) is 6.75. The van der Waals surface area contributed by atoms with Gasteiger partial charge in [-0.15, -0.1) is 0 Å². The van der Waals surface area contributed by atoms with E-state index in [2.05, 4.69) is 20.9 Å². The van der Waals surface area contributed by atoms with Crippen molar-refractivity contribution >= 4 is 11.9 Å². The molecule has 21 heavy (non-hydrogen) atoms. The minimum absolute atomic E-state index is 0.0201. The highest BCUT2D eigenvalue weighted by molar-refractivity contribution is 5.96. The molecule has 1 rings (SSSR count). The first-order valence-corrected chi connectivity index (χ1v) is 7.15. The van der Waals surface area contributed by atoms with Crippen LogP contribution in [-0.2, 0) is 0 Å². The number of carbonyl (C=O) groups excluding carboxylic acids is 1. The summed E-state index contributed by atoms with van der Waals surface area (Å²) in [6.07, 6.45) is 0. The predicted octanol–water partition coefficient (Wildman–Crippen LogP) is 1.09. The highest BCUT2D eigenvalue weighted by Crippen LogP contribution is 2.14. The molecule has 1 amide bonds. The summed E-state index contributed by atoms with van der Waals surface area (Å²) >= 11 is 0. The lowest BCUT2D eigenvalue weighted by molar-refractivity contribution is 0.0952. The predicted molar refractivity (Wildman–Crippen MR) is 84.7 cm³/mol. The van der Waals surface area contributed by atoms with E-state index in [-0.39, 0.29) is 17.2 Å². The lowest BCUT2D eigenvalue weighted by Crippen LogP contribution is -2.41. The summed E-state index contributed by atoms with van der Waals surface area (Å²) in [7, 11) is 0. The van der Waals surface area contributed by atoms with Gasteiger partial charge in [0.05, 0.1) is 12.1 Å². The number of nitrogens with zero attached hydrogens (tertiary/aromatic N) is 1. The monoisotopic (exact) mass is 292 g/mol. The molecule has 0 fully saturated rings. The van der Waals surface area contributed by atoms with Crippen molar-refractivity contribution in [1.82, 2.24) is 16.0 Å². The molecule has 0 saturated heterocycles. The number of aromatic hydroxyl groups is 1. The van der Waals surface area contributed by atoms with E-state index in [9.17, 15) is 9.90 Å². The van der Waals surface area contributed by atoms with Crippen molar-refractivity contribution in [3.8, 4) is 5.75 Å². The average molecular weight is 292 g/mol. The van der Waals surface area contributed by atoms with Crippen LogP contribution in [0.4, 0.5) is 0 Å². The Labute approximate surface area is 125 Å². The quantitative estimate of drug-likeness (QED) is 0.359. The number of amides is 1. The van der Waals surface area contributed by atoms with Gasteiger partial charge in [0.15, 0.2) is 5.96 Å². The maximum Gasteiger partial charge on any atom is 0.255 e. The van der Waals surface area contributed by atoms with Crippen LogP contribution in [0.2, 0.25) is 0 Å². The van der Waals surface area contributed by atoms with Gasteiger partial charge in [-0.05, 0) is 32.9 Å². The van der Waals surface area contributed by atoms with Gasteiger partial charge in [0.2, 0.25) is 0 Å².